The number of aryl methyl sites for hydroxylation is 1. The molecule has 0 aliphatic carbocycles. The number of nitrogens with zero attached hydrogens (tertiary/aromatic N) is 2. The maximum atomic E-state index is 9.08. The molecule has 0 fully saturated rings. The molecule has 3 nitrogen and oxygen atoms in total. The Morgan fingerprint density at radius 1 is 1.38 bits per heavy atom. The van der Waals surface area contributed by atoms with E-state index in [4.69, 9.17) is 5.11 Å². The van der Waals surface area contributed by atoms with E-state index >= 15 is 0 Å². The third kappa shape index (κ3) is 4.37. The normalized spacial score (nSPS) is 12.4. The lowest BCUT2D eigenvalue weighted by atomic mass is 9.96. The van der Waals surface area contributed by atoms with Crippen molar-refractivity contribution in [1.82, 2.24) is 9.47 Å². The maximum absolute atomic E-state index is 9.08. The Labute approximate surface area is 98.7 Å². The molecule has 0 aliphatic heterocycles. The molecule has 1 N–H and O–H groups in total. The summed E-state index contributed by atoms with van der Waals surface area (Å²) in [4.78, 5) is 2.30. The van der Waals surface area contributed by atoms with Gasteiger partial charge in [0.25, 0.3) is 0 Å². The molecule has 0 amide bonds. The van der Waals surface area contributed by atoms with Crippen LogP contribution in [0, 0.1) is 5.41 Å². The second kappa shape index (κ2) is 5.51. The summed E-state index contributed by atoms with van der Waals surface area (Å²) in [5, 5.41) is 9.08. The Balaban J connectivity index is 2.61. The van der Waals surface area contributed by atoms with Gasteiger partial charge in [0.1, 0.15) is 0 Å². The van der Waals surface area contributed by atoms with Crippen molar-refractivity contribution in [3.8, 4) is 0 Å². The largest absolute Gasteiger partial charge is 0.395 e. The van der Waals surface area contributed by atoms with Gasteiger partial charge in [0.15, 0.2) is 0 Å². The van der Waals surface area contributed by atoms with E-state index in [-0.39, 0.29) is 12.0 Å². The van der Waals surface area contributed by atoms with E-state index in [2.05, 4.69) is 55.6 Å². The fraction of sp³-hybridized carbons (Fsp3) is 0.692. The lowest BCUT2D eigenvalue weighted by molar-refractivity contribution is 0.144. The highest BCUT2D eigenvalue weighted by atomic mass is 16.3. The van der Waals surface area contributed by atoms with E-state index in [0.717, 1.165) is 19.6 Å². The third-order valence-electron chi connectivity index (χ3n) is 2.55. The zero-order valence-electron chi connectivity index (χ0n) is 10.9. The maximum Gasteiger partial charge on any atom is 0.0558 e. The van der Waals surface area contributed by atoms with E-state index < -0.39 is 0 Å². The molecule has 0 saturated carbocycles. The summed E-state index contributed by atoms with van der Waals surface area (Å²) >= 11 is 0. The molecule has 0 bridgehead atoms. The molecule has 0 unspecified atom stereocenters. The second-order valence-corrected chi connectivity index (χ2v) is 5.61. The van der Waals surface area contributed by atoms with Crippen LogP contribution in [0.25, 0.3) is 0 Å². The molecule has 1 aromatic heterocycles. The summed E-state index contributed by atoms with van der Waals surface area (Å²) in [5.41, 5.74) is 1.55. The van der Waals surface area contributed by atoms with Gasteiger partial charge in [-0.05, 0) is 17.5 Å². The van der Waals surface area contributed by atoms with Gasteiger partial charge in [-0.25, -0.2) is 0 Å². The molecule has 16 heavy (non-hydrogen) atoms. The number of aliphatic hydroxyl groups is 1. The molecule has 3 heteroatoms. The zero-order valence-corrected chi connectivity index (χ0v) is 10.9. The van der Waals surface area contributed by atoms with Crippen LogP contribution in [0.4, 0.5) is 0 Å². The van der Waals surface area contributed by atoms with E-state index in [1.54, 1.807) is 0 Å². The van der Waals surface area contributed by atoms with Crippen molar-refractivity contribution >= 4 is 0 Å². The van der Waals surface area contributed by atoms with Crippen molar-refractivity contribution in [2.24, 2.45) is 12.5 Å². The molecule has 0 aliphatic rings. The molecule has 0 radical (unpaired) electrons. The number of hydrogen-bond acceptors (Lipinski definition) is 2. The molecule has 1 rings (SSSR count). The lowest BCUT2D eigenvalue weighted by Crippen LogP contribution is -2.34. The fourth-order valence-corrected chi connectivity index (χ4v) is 1.92. The first-order chi connectivity index (χ1) is 7.42. The minimum absolute atomic E-state index is 0.223. The van der Waals surface area contributed by atoms with Gasteiger partial charge in [0.2, 0.25) is 0 Å². The SMILES string of the molecule is Cn1cccc1CN(CCO)CC(C)(C)C. The van der Waals surface area contributed by atoms with E-state index in [1.807, 2.05) is 0 Å². The molecular weight excluding hydrogens is 200 g/mol. The molecule has 0 aromatic carbocycles. The molecule has 0 atom stereocenters. The van der Waals surface area contributed by atoms with Crippen LogP contribution in [-0.4, -0.2) is 34.3 Å². The van der Waals surface area contributed by atoms with Crippen molar-refractivity contribution in [2.45, 2.75) is 27.3 Å². The Hall–Kier alpha value is -0.800. The minimum Gasteiger partial charge on any atom is -0.395 e. The summed E-state index contributed by atoms with van der Waals surface area (Å²) < 4.78 is 2.13. The van der Waals surface area contributed by atoms with Gasteiger partial charge in [-0.2, -0.15) is 0 Å². The number of rotatable bonds is 5. The van der Waals surface area contributed by atoms with Crippen LogP contribution in [0.5, 0.6) is 0 Å². The molecule has 0 saturated heterocycles. The van der Waals surface area contributed by atoms with Gasteiger partial charge in [-0.3, -0.25) is 4.90 Å². The van der Waals surface area contributed by atoms with Gasteiger partial charge in [-0.15, -0.1) is 0 Å². The van der Waals surface area contributed by atoms with Gasteiger partial charge in [-0.1, -0.05) is 20.8 Å². The molecule has 1 aromatic rings. The summed E-state index contributed by atoms with van der Waals surface area (Å²) in [7, 11) is 2.06. The van der Waals surface area contributed by atoms with Crippen LogP contribution in [0.3, 0.4) is 0 Å². The predicted octanol–water partition coefficient (Wildman–Crippen LogP) is 1.87. The van der Waals surface area contributed by atoms with Crippen molar-refractivity contribution in [3.05, 3.63) is 24.0 Å². The standard InChI is InChI=1S/C13H24N2O/c1-13(2,3)11-15(8-9-16)10-12-6-5-7-14(12)4/h5-7,16H,8-11H2,1-4H3. The predicted molar refractivity (Wildman–Crippen MR) is 67.2 cm³/mol. The second-order valence-electron chi connectivity index (χ2n) is 5.61. The Morgan fingerprint density at radius 3 is 2.50 bits per heavy atom. The topological polar surface area (TPSA) is 28.4 Å². The lowest BCUT2D eigenvalue weighted by Gasteiger charge is -2.29. The van der Waals surface area contributed by atoms with Crippen molar-refractivity contribution in [3.63, 3.8) is 0 Å². The van der Waals surface area contributed by atoms with Crippen molar-refractivity contribution in [1.29, 1.82) is 0 Å². The zero-order chi connectivity index (χ0) is 12.2. The number of aliphatic hydroxyl groups excluding tert-OH is 1. The Kier molecular flexibility index (Phi) is 4.56. The first kappa shape index (κ1) is 13.3. The van der Waals surface area contributed by atoms with E-state index in [0.29, 0.717) is 0 Å². The van der Waals surface area contributed by atoms with Crippen LogP contribution in [0.2, 0.25) is 0 Å². The van der Waals surface area contributed by atoms with E-state index in [9.17, 15) is 0 Å². The summed E-state index contributed by atoms with van der Waals surface area (Å²) in [5.74, 6) is 0. The first-order valence-electron chi connectivity index (χ1n) is 5.86. The fourth-order valence-electron chi connectivity index (χ4n) is 1.92. The average Bonchev–Trinajstić information content (AvgIpc) is 2.49. The minimum atomic E-state index is 0.223. The van der Waals surface area contributed by atoms with Gasteiger partial charge >= 0.3 is 0 Å². The summed E-state index contributed by atoms with van der Waals surface area (Å²) in [6.45, 7) is 9.54. The summed E-state index contributed by atoms with van der Waals surface area (Å²) in [6, 6.07) is 4.19. The van der Waals surface area contributed by atoms with Crippen molar-refractivity contribution < 1.29 is 5.11 Å². The van der Waals surface area contributed by atoms with Crippen LogP contribution >= 0.6 is 0 Å². The quantitative estimate of drug-likeness (QED) is 0.827. The van der Waals surface area contributed by atoms with Crippen molar-refractivity contribution in [2.75, 3.05) is 19.7 Å². The van der Waals surface area contributed by atoms with Crippen LogP contribution < -0.4 is 0 Å². The monoisotopic (exact) mass is 224 g/mol. The first-order valence-corrected chi connectivity index (χ1v) is 5.86. The summed E-state index contributed by atoms with van der Waals surface area (Å²) in [6.07, 6.45) is 2.06. The van der Waals surface area contributed by atoms with Crippen LogP contribution in [0.1, 0.15) is 26.5 Å². The van der Waals surface area contributed by atoms with Gasteiger partial charge in [0.05, 0.1) is 6.61 Å². The molecule has 1 heterocycles. The number of aromatic nitrogens is 1. The van der Waals surface area contributed by atoms with Gasteiger partial charge < -0.3 is 9.67 Å². The smallest absolute Gasteiger partial charge is 0.0558 e. The highest BCUT2D eigenvalue weighted by molar-refractivity contribution is 5.06. The Morgan fingerprint density at radius 2 is 2.06 bits per heavy atom. The highest BCUT2D eigenvalue weighted by Crippen LogP contribution is 2.16. The molecular formula is C13H24N2O. The number of hydrogen-bond donors (Lipinski definition) is 1. The average molecular weight is 224 g/mol. The van der Waals surface area contributed by atoms with Crippen LogP contribution in [0.15, 0.2) is 18.3 Å². The van der Waals surface area contributed by atoms with E-state index in [1.165, 1.54) is 5.69 Å². The van der Waals surface area contributed by atoms with Crippen LogP contribution in [-0.2, 0) is 13.6 Å². The molecule has 92 valence electrons. The van der Waals surface area contributed by atoms with Gasteiger partial charge in [0, 0.05) is 38.6 Å². The highest BCUT2D eigenvalue weighted by Gasteiger charge is 2.16. The Bertz CT molecular complexity index is 312. The molecule has 0 spiro atoms. The third-order valence-corrected chi connectivity index (χ3v) is 2.55.